The second-order valence-corrected chi connectivity index (χ2v) is 5.98. The Labute approximate surface area is 109 Å². The van der Waals surface area contributed by atoms with Crippen molar-refractivity contribution in [3.8, 4) is 0 Å². The van der Waals surface area contributed by atoms with Crippen molar-refractivity contribution in [1.82, 2.24) is 4.90 Å². The summed E-state index contributed by atoms with van der Waals surface area (Å²) in [4.78, 5) is 2.50. The van der Waals surface area contributed by atoms with Crippen LogP contribution in [0.2, 0.25) is 0 Å². The number of piperidine rings is 1. The second-order valence-electron chi connectivity index (χ2n) is 5.98. The third-order valence-corrected chi connectivity index (χ3v) is 3.56. The molecule has 1 heterocycles. The number of benzene rings is 1. The number of halogens is 1. The highest BCUT2D eigenvalue weighted by Gasteiger charge is 2.25. The van der Waals surface area contributed by atoms with Gasteiger partial charge >= 0.3 is 0 Å². The third-order valence-electron chi connectivity index (χ3n) is 3.56. The van der Waals surface area contributed by atoms with Crippen LogP contribution in [0, 0.1) is 11.2 Å². The lowest BCUT2D eigenvalue weighted by atomic mass is 9.84. The molecule has 1 aliphatic heterocycles. The molecule has 100 valence electrons. The molecule has 1 saturated heterocycles. The quantitative estimate of drug-likeness (QED) is 0.881. The number of nitrogens with zero attached hydrogens (tertiary/aromatic N) is 1. The maximum absolute atomic E-state index is 13.0. The van der Waals surface area contributed by atoms with Gasteiger partial charge in [-0.05, 0) is 43.0 Å². The third kappa shape index (κ3) is 3.98. The Hall–Kier alpha value is -1.09. The summed E-state index contributed by atoms with van der Waals surface area (Å²) in [5, 5.41) is 3.28. The Morgan fingerprint density at radius 2 is 2.22 bits per heavy atom. The van der Waals surface area contributed by atoms with Gasteiger partial charge in [0, 0.05) is 25.3 Å². The van der Waals surface area contributed by atoms with Crippen molar-refractivity contribution >= 4 is 5.69 Å². The second kappa shape index (κ2) is 5.70. The van der Waals surface area contributed by atoms with Crippen molar-refractivity contribution in [2.24, 2.45) is 5.41 Å². The van der Waals surface area contributed by atoms with Crippen LogP contribution in [-0.4, -0.2) is 31.1 Å². The Morgan fingerprint density at radius 1 is 1.39 bits per heavy atom. The Bertz CT molecular complexity index is 390. The van der Waals surface area contributed by atoms with E-state index >= 15 is 0 Å². The predicted octanol–water partition coefficient (Wildman–Crippen LogP) is 3.36. The van der Waals surface area contributed by atoms with Gasteiger partial charge in [-0.15, -0.1) is 0 Å². The molecule has 0 aliphatic carbocycles. The first-order valence-electron chi connectivity index (χ1n) is 6.77. The summed E-state index contributed by atoms with van der Waals surface area (Å²) in [6.45, 7) is 8.92. The van der Waals surface area contributed by atoms with Gasteiger partial charge in [0.15, 0.2) is 0 Å². The minimum absolute atomic E-state index is 0.181. The van der Waals surface area contributed by atoms with Gasteiger partial charge in [-0.3, -0.25) is 0 Å². The molecule has 0 aromatic heterocycles. The first-order chi connectivity index (χ1) is 8.55. The lowest BCUT2D eigenvalue weighted by Crippen LogP contribution is -2.42. The molecule has 1 aromatic carbocycles. The highest BCUT2D eigenvalue weighted by atomic mass is 19.1. The summed E-state index contributed by atoms with van der Waals surface area (Å²) in [6, 6.07) is 6.66. The monoisotopic (exact) mass is 250 g/mol. The standard InChI is InChI=1S/C15H23FN2/c1-15(2)7-4-9-18(12-15)10-8-17-14-6-3-5-13(16)11-14/h3,5-6,11,17H,4,7-10,12H2,1-2H3. The lowest BCUT2D eigenvalue weighted by Gasteiger charge is -2.38. The summed E-state index contributed by atoms with van der Waals surface area (Å²) in [6.07, 6.45) is 2.60. The molecule has 0 saturated carbocycles. The fraction of sp³-hybridized carbons (Fsp3) is 0.600. The molecule has 1 aromatic rings. The van der Waals surface area contributed by atoms with Gasteiger partial charge in [-0.2, -0.15) is 0 Å². The zero-order valence-corrected chi connectivity index (χ0v) is 11.4. The van der Waals surface area contributed by atoms with Gasteiger partial charge in [-0.25, -0.2) is 4.39 Å². The normalized spacial score (nSPS) is 19.7. The highest BCUT2D eigenvalue weighted by Crippen LogP contribution is 2.27. The van der Waals surface area contributed by atoms with Crippen molar-refractivity contribution in [2.45, 2.75) is 26.7 Å². The number of hydrogen-bond acceptors (Lipinski definition) is 2. The average Bonchev–Trinajstić information content (AvgIpc) is 2.28. The minimum atomic E-state index is -0.181. The van der Waals surface area contributed by atoms with Gasteiger partial charge in [0.1, 0.15) is 5.82 Å². The zero-order valence-electron chi connectivity index (χ0n) is 11.4. The lowest BCUT2D eigenvalue weighted by molar-refractivity contribution is 0.122. The summed E-state index contributed by atoms with van der Waals surface area (Å²) in [7, 11) is 0. The Morgan fingerprint density at radius 3 is 2.94 bits per heavy atom. The smallest absolute Gasteiger partial charge is 0.125 e. The molecule has 18 heavy (non-hydrogen) atoms. The summed E-state index contributed by atoms with van der Waals surface area (Å²) < 4.78 is 13.0. The van der Waals surface area contributed by atoms with Crippen molar-refractivity contribution in [3.05, 3.63) is 30.1 Å². The van der Waals surface area contributed by atoms with Crippen molar-refractivity contribution in [2.75, 3.05) is 31.5 Å². The number of likely N-dealkylation sites (tertiary alicyclic amines) is 1. The average molecular weight is 250 g/mol. The molecule has 3 heteroatoms. The van der Waals surface area contributed by atoms with E-state index in [-0.39, 0.29) is 5.82 Å². The molecule has 0 bridgehead atoms. The molecule has 1 fully saturated rings. The van der Waals surface area contributed by atoms with E-state index < -0.39 is 0 Å². The number of anilines is 1. The van der Waals surface area contributed by atoms with E-state index in [9.17, 15) is 4.39 Å². The fourth-order valence-electron chi connectivity index (χ4n) is 2.69. The minimum Gasteiger partial charge on any atom is -0.384 e. The van der Waals surface area contributed by atoms with E-state index in [0.29, 0.717) is 5.41 Å². The molecule has 0 atom stereocenters. The molecule has 0 amide bonds. The predicted molar refractivity (Wildman–Crippen MR) is 74.3 cm³/mol. The summed E-state index contributed by atoms with van der Waals surface area (Å²) >= 11 is 0. The van der Waals surface area contributed by atoms with E-state index in [2.05, 4.69) is 24.1 Å². The molecule has 0 spiro atoms. The van der Waals surface area contributed by atoms with Crippen LogP contribution < -0.4 is 5.32 Å². The van der Waals surface area contributed by atoms with Crippen LogP contribution in [0.1, 0.15) is 26.7 Å². The van der Waals surface area contributed by atoms with Crippen molar-refractivity contribution in [3.63, 3.8) is 0 Å². The van der Waals surface area contributed by atoms with Gasteiger partial charge in [0.05, 0.1) is 0 Å². The van der Waals surface area contributed by atoms with E-state index in [1.165, 1.54) is 25.5 Å². The highest BCUT2D eigenvalue weighted by molar-refractivity contribution is 5.42. The van der Waals surface area contributed by atoms with Crippen LogP contribution in [0.25, 0.3) is 0 Å². The van der Waals surface area contributed by atoms with E-state index in [4.69, 9.17) is 0 Å². The molecule has 0 radical (unpaired) electrons. The van der Waals surface area contributed by atoms with E-state index in [0.717, 1.165) is 25.3 Å². The zero-order chi connectivity index (χ0) is 13.0. The maximum Gasteiger partial charge on any atom is 0.125 e. The van der Waals surface area contributed by atoms with E-state index in [1.54, 1.807) is 12.1 Å². The molecular weight excluding hydrogens is 227 g/mol. The number of hydrogen-bond donors (Lipinski definition) is 1. The van der Waals surface area contributed by atoms with Crippen LogP contribution in [-0.2, 0) is 0 Å². The van der Waals surface area contributed by atoms with Gasteiger partial charge in [0.2, 0.25) is 0 Å². The van der Waals surface area contributed by atoms with E-state index in [1.807, 2.05) is 6.07 Å². The van der Waals surface area contributed by atoms with Crippen molar-refractivity contribution in [1.29, 1.82) is 0 Å². The van der Waals surface area contributed by atoms with Crippen LogP contribution in [0.5, 0.6) is 0 Å². The van der Waals surface area contributed by atoms with Crippen LogP contribution >= 0.6 is 0 Å². The SMILES string of the molecule is CC1(C)CCCN(CCNc2cccc(F)c2)C1. The first kappa shape index (κ1) is 13.3. The molecule has 2 rings (SSSR count). The number of nitrogens with one attached hydrogen (secondary N) is 1. The van der Waals surface area contributed by atoms with Crippen molar-refractivity contribution < 1.29 is 4.39 Å². The molecular formula is C15H23FN2. The molecule has 1 N–H and O–H groups in total. The Balaban J connectivity index is 1.75. The van der Waals surface area contributed by atoms with Crippen LogP contribution in [0.3, 0.4) is 0 Å². The summed E-state index contributed by atoms with van der Waals surface area (Å²) in [5.41, 5.74) is 1.31. The largest absolute Gasteiger partial charge is 0.384 e. The topological polar surface area (TPSA) is 15.3 Å². The van der Waals surface area contributed by atoms with Gasteiger partial charge in [0.25, 0.3) is 0 Å². The van der Waals surface area contributed by atoms with Crippen LogP contribution in [0.4, 0.5) is 10.1 Å². The molecule has 0 unspecified atom stereocenters. The maximum atomic E-state index is 13.0. The van der Waals surface area contributed by atoms with Crippen LogP contribution in [0.15, 0.2) is 24.3 Å². The van der Waals surface area contributed by atoms with Gasteiger partial charge < -0.3 is 10.2 Å². The number of rotatable bonds is 4. The molecule has 1 aliphatic rings. The fourth-order valence-corrected chi connectivity index (χ4v) is 2.69. The molecule has 2 nitrogen and oxygen atoms in total. The first-order valence-corrected chi connectivity index (χ1v) is 6.77. The Kier molecular flexibility index (Phi) is 4.23. The summed E-state index contributed by atoms with van der Waals surface area (Å²) in [5.74, 6) is -0.181. The van der Waals surface area contributed by atoms with Gasteiger partial charge in [-0.1, -0.05) is 19.9 Å².